The number of phenols is 1. The van der Waals surface area contributed by atoms with Crippen molar-refractivity contribution in [1.29, 1.82) is 5.26 Å². The Morgan fingerprint density at radius 2 is 2.20 bits per heavy atom. The fourth-order valence-corrected chi connectivity index (χ4v) is 1.54. The van der Waals surface area contributed by atoms with E-state index in [0.717, 1.165) is 0 Å². The van der Waals surface area contributed by atoms with E-state index in [9.17, 15) is 5.11 Å². The molecule has 0 aliphatic carbocycles. The van der Waals surface area contributed by atoms with Gasteiger partial charge in [0.05, 0.1) is 22.1 Å². The van der Waals surface area contributed by atoms with Crippen molar-refractivity contribution in [3.8, 4) is 11.8 Å². The zero-order valence-corrected chi connectivity index (χ0v) is 10.2. The Hall–Kier alpha value is -1.02. The zero-order valence-electron chi connectivity index (χ0n) is 7.77. The lowest BCUT2D eigenvalue weighted by Crippen LogP contribution is -2.07. The lowest BCUT2D eigenvalue weighted by atomic mass is 10.0. The van der Waals surface area contributed by atoms with Gasteiger partial charge in [0.15, 0.2) is 0 Å². The molecule has 1 atom stereocenters. The molecule has 0 amide bonds. The number of aromatic hydroxyl groups is 1. The molecule has 0 radical (unpaired) electrons. The smallest absolute Gasteiger partial charge is 0.134 e. The van der Waals surface area contributed by atoms with Crippen molar-refractivity contribution in [3.05, 3.63) is 40.4 Å². The van der Waals surface area contributed by atoms with Gasteiger partial charge in [-0.05, 0) is 28.1 Å². The molecular weight excluding hydrogens is 279 g/mol. The fourth-order valence-electron chi connectivity index (χ4n) is 1.07. The maximum atomic E-state index is 9.63. The Labute approximate surface area is 103 Å². The Morgan fingerprint density at radius 3 is 2.67 bits per heavy atom. The molecule has 15 heavy (non-hydrogen) atoms. The largest absolute Gasteiger partial charge is 0.506 e. The summed E-state index contributed by atoms with van der Waals surface area (Å²) < 4.78 is 0.462. The summed E-state index contributed by atoms with van der Waals surface area (Å²) >= 11 is 3.14. The van der Waals surface area contributed by atoms with Gasteiger partial charge >= 0.3 is 0 Å². The number of rotatable bonds is 2. The van der Waals surface area contributed by atoms with Crippen LogP contribution in [0.1, 0.15) is 17.2 Å². The molecule has 0 bridgehead atoms. The molecule has 0 spiro atoms. The summed E-state index contributed by atoms with van der Waals surface area (Å²) in [5.41, 5.74) is 6.62. The molecule has 1 rings (SSSR count). The molecule has 0 aromatic heterocycles. The van der Waals surface area contributed by atoms with E-state index in [1.165, 1.54) is 12.1 Å². The number of hydrogen-bond acceptors (Lipinski definition) is 3. The van der Waals surface area contributed by atoms with E-state index in [-0.39, 0.29) is 18.2 Å². The van der Waals surface area contributed by atoms with Crippen LogP contribution in [0, 0.1) is 11.3 Å². The van der Waals surface area contributed by atoms with E-state index >= 15 is 0 Å². The standard InChI is InChI=1S/C10H9BrN2O.ClH/c1-2-9(13)7-3-6(5-12)4-8(11)10(7)14;/h2-4,9,14H,1,13H2;1H/t9-;/m0./s1. The van der Waals surface area contributed by atoms with Crippen molar-refractivity contribution in [1.82, 2.24) is 0 Å². The minimum Gasteiger partial charge on any atom is -0.506 e. The first-order valence-corrected chi connectivity index (χ1v) is 4.70. The van der Waals surface area contributed by atoms with Gasteiger partial charge in [0.1, 0.15) is 5.75 Å². The molecule has 3 nitrogen and oxygen atoms in total. The number of hydrogen-bond donors (Lipinski definition) is 2. The van der Waals surface area contributed by atoms with Crippen molar-refractivity contribution in [2.24, 2.45) is 5.73 Å². The molecule has 0 fully saturated rings. The van der Waals surface area contributed by atoms with E-state index in [1.807, 2.05) is 6.07 Å². The molecule has 1 aromatic rings. The molecule has 80 valence electrons. The normalized spacial score (nSPS) is 11.0. The SMILES string of the molecule is C=C[C@H](N)c1cc(C#N)cc(Br)c1O.Cl. The minimum absolute atomic E-state index is 0. The first-order chi connectivity index (χ1) is 6.60. The van der Waals surface area contributed by atoms with Crippen LogP contribution in [0.2, 0.25) is 0 Å². The van der Waals surface area contributed by atoms with Gasteiger partial charge in [0.2, 0.25) is 0 Å². The maximum Gasteiger partial charge on any atom is 0.134 e. The van der Waals surface area contributed by atoms with Gasteiger partial charge in [0.25, 0.3) is 0 Å². The molecule has 3 N–H and O–H groups in total. The highest BCUT2D eigenvalue weighted by Crippen LogP contribution is 2.32. The second-order valence-corrected chi connectivity index (χ2v) is 3.62. The van der Waals surface area contributed by atoms with Gasteiger partial charge in [-0.15, -0.1) is 19.0 Å². The summed E-state index contributed by atoms with van der Waals surface area (Å²) in [7, 11) is 0. The van der Waals surface area contributed by atoms with Crippen LogP contribution < -0.4 is 5.73 Å². The van der Waals surface area contributed by atoms with Crippen molar-refractivity contribution in [2.45, 2.75) is 6.04 Å². The third-order valence-electron chi connectivity index (χ3n) is 1.84. The van der Waals surface area contributed by atoms with Crippen LogP contribution in [0.25, 0.3) is 0 Å². The molecule has 0 heterocycles. The van der Waals surface area contributed by atoms with Crippen LogP contribution in [0.4, 0.5) is 0 Å². The number of nitrogens with zero attached hydrogens (tertiary/aromatic N) is 1. The molecule has 0 saturated carbocycles. The van der Waals surface area contributed by atoms with E-state index < -0.39 is 6.04 Å². The number of nitrogens with two attached hydrogens (primary N) is 1. The van der Waals surface area contributed by atoms with E-state index in [2.05, 4.69) is 22.5 Å². The molecule has 5 heteroatoms. The Morgan fingerprint density at radius 1 is 1.60 bits per heavy atom. The fraction of sp³-hybridized carbons (Fsp3) is 0.100. The summed E-state index contributed by atoms with van der Waals surface area (Å²) in [6.07, 6.45) is 1.50. The molecular formula is C10H10BrClN2O. The average Bonchev–Trinajstić information content (AvgIpc) is 2.20. The predicted molar refractivity (Wildman–Crippen MR) is 64.9 cm³/mol. The second-order valence-electron chi connectivity index (χ2n) is 2.77. The quantitative estimate of drug-likeness (QED) is 0.822. The number of halogens is 2. The predicted octanol–water partition coefficient (Wildman–Crippen LogP) is 2.63. The highest BCUT2D eigenvalue weighted by Gasteiger charge is 2.12. The van der Waals surface area contributed by atoms with Gasteiger partial charge in [-0.25, -0.2) is 0 Å². The van der Waals surface area contributed by atoms with E-state index in [4.69, 9.17) is 11.0 Å². The average molecular weight is 290 g/mol. The van der Waals surface area contributed by atoms with Crippen LogP contribution in [0.3, 0.4) is 0 Å². The molecule has 1 aromatic carbocycles. The first kappa shape index (κ1) is 14.0. The van der Waals surface area contributed by atoms with Crippen LogP contribution in [-0.2, 0) is 0 Å². The topological polar surface area (TPSA) is 70.0 Å². The van der Waals surface area contributed by atoms with Gasteiger partial charge in [0, 0.05) is 5.56 Å². The van der Waals surface area contributed by atoms with Crippen molar-refractivity contribution < 1.29 is 5.11 Å². The lowest BCUT2D eigenvalue weighted by Gasteiger charge is -2.10. The highest BCUT2D eigenvalue weighted by atomic mass is 79.9. The maximum absolute atomic E-state index is 9.63. The Bertz CT molecular complexity index is 415. The lowest BCUT2D eigenvalue weighted by molar-refractivity contribution is 0.462. The van der Waals surface area contributed by atoms with Crippen LogP contribution in [0.15, 0.2) is 29.3 Å². The number of benzene rings is 1. The van der Waals surface area contributed by atoms with Gasteiger partial charge in [-0.3, -0.25) is 0 Å². The van der Waals surface area contributed by atoms with E-state index in [0.29, 0.717) is 15.6 Å². The summed E-state index contributed by atoms with van der Waals surface area (Å²) in [5, 5.41) is 18.3. The van der Waals surface area contributed by atoms with E-state index in [1.54, 1.807) is 6.07 Å². The van der Waals surface area contributed by atoms with Gasteiger partial charge < -0.3 is 10.8 Å². The first-order valence-electron chi connectivity index (χ1n) is 3.90. The number of phenolic OH excluding ortho intramolecular Hbond substituents is 1. The van der Waals surface area contributed by atoms with Crippen LogP contribution in [-0.4, -0.2) is 5.11 Å². The minimum atomic E-state index is -0.473. The van der Waals surface area contributed by atoms with Gasteiger partial charge in [-0.1, -0.05) is 6.08 Å². The summed E-state index contributed by atoms with van der Waals surface area (Å²) in [6.45, 7) is 3.53. The summed E-state index contributed by atoms with van der Waals surface area (Å²) in [5.74, 6) is 0.0522. The Balaban J connectivity index is 0.00000196. The molecule has 0 aliphatic heterocycles. The molecule has 0 saturated heterocycles. The molecule has 0 unspecified atom stereocenters. The Kier molecular flexibility index (Phi) is 5.37. The van der Waals surface area contributed by atoms with Crippen molar-refractivity contribution in [2.75, 3.05) is 0 Å². The summed E-state index contributed by atoms with van der Waals surface area (Å²) in [6, 6.07) is 4.60. The zero-order chi connectivity index (χ0) is 10.7. The second kappa shape index (κ2) is 5.76. The third-order valence-corrected chi connectivity index (χ3v) is 2.44. The third kappa shape index (κ3) is 2.96. The van der Waals surface area contributed by atoms with Gasteiger partial charge in [-0.2, -0.15) is 5.26 Å². The van der Waals surface area contributed by atoms with Crippen LogP contribution >= 0.6 is 28.3 Å². The number of nitriles is 1. The highest BCUT2D eigenvalue weighted by molar-refractivity contribution is 9.10. The molecule has 0 aliphatic rings. The summed E-state index contributed by atoms with van der Waals surface area (Å²) in [4.78, 5) is 0. The van der Waals surface area contributed by atoms with Crippen molar-refractivity contribution in [3.63, 3.8) is 0 Å². The monoisotopic (exact) mass is 288 g/mol. The van der Waals surface area contributed by atoms with Crippen LogP contribution in [0.5, 0.6) is 5.75 Å². The van der Waals surface area contributed by atoms with Crippen molar-refractivity contribution >= 4 is 28.3 Å².